The highest BCUT2D eigenvalue weighted by Gasteiger charge is 2.42. The van der Waals surface area contributed by atoms with E-state index in [1.165, 1.54) is 7.05 Å². The lowest BCUT2D eigenvalue weighted by molar-refractivity contribution is -0.157. The van der Waals surface area contributed by atoms with Gasteiger partial charge in [0.15, 0.2) is 0 Å². The molecule has 0 saturated heterocycles. The van der Waals surface area contributed by atoms with Gasteiger partial charge in [-0.05, 0) is 31.3 Å². The van der Waals surface area contributed by atoms with Gasteiger partial charge in [-0.1, -0.05) is 0 Å². The number of nitrogens with zero attached hydrogens (tertiary/aromatic N) is 1. The Morgan fingerprint density at radius 1 is 1.33 bits per heavy atom. The number of hydrogen-bond donors (Lipinski definition) is 1. The quantitative estimate of drug-likeness (QED) is 0.872. The molecule has 0 bridgehead atoms. The molecule has 0 atom stereocenters. The zero-order chi connectivity index (χ0) is 13.8. The first kappa shape index (κ1) is 14.5. The van der Waals surface area contributed by atoms with E-state index in [0.717, 1.165) is 29.2 Å². The van der Waals surface area contributed by atoms with Crippen LogP contribution in [0.15, 0.2) is 24.3 Å². The van der Waals surface area contributed by atoms with Crippen molar-refractivity contribution in [2.45, 2.75) is 5.92 Å². The van der Waals surface area contributed by atoms with E-state index in [1.54, 1.807) is 7.05 Å². The Labute approximate surface area is 104 Å². The second-order valence-electron chi connectivity index (χ2n) is 3.91. The highest BCUT2D eigenvalue weighted by atomic mass is 19.3. The molecule has 0 saturated carbocycles. The van der Waals surface area contributed by atoms with Crippen LogP contribution in [0.2, 0.25) is 0 Å². The first-order valence-corrected chi connectivity index (χ1v) is 5.43. The summed E-state index contributed by atoms with van der Waals surface area (Å²) < 4.78 is 40.3. The number of rotatable bonds is 5. The molecule has 0 aromatic heterocycles. The van der Waals surface area contributed by atoms with Crippen molar-refractivity contribution < 1.29 is 18.0 Å². The number of hydrogen-bond acceptors (Lipinski definition) is 2. The standard InChI is InChI=1S/C12H15F3N2O/c1-16-7-8-17(2)11(18)12(14,15)9-3-5-10(13)6-4-9/h3-6,16H,7-8H2,1-2H3. The van der Waals surface area contributed by atoms with Crippen molar-refractivity contribution in [2.24, 2.45) is 0 Å². The molecule has 6 heteroatoms. The van der Waals surface area contributed by atoms with Gasteiger partial charge in [0.2, 0.25) is 0 Å². The molecule has 0 aliphatic carbocycles. The molecule has 18 heavy (non-hydrogen) atoms. The zero-order valence-corrected chi connectivity index (χ0v) is 10.2. The monoisotopic (exact) mass is 260 g/mol. The first-order valence-electron chi connectivity index (χ1n) is 5.43. The maximum absolute atomic E-state index is 13.8. The zero-order valence-electron chi connectivity index (χ0n) is 10.2. The minimum atomic E-state index is -3.64. The van der Waals surface area contributed by atoms with Crippen molar-refractivity contribution in [3.05, 3.63) is 35.6 Å². The molecule has 0 unspecified atom stereocenters. The van der Waals surface area contributed by atoms with E-state index in [1.807, 2.05) is 0 Å². The SMILES string of the molecule is CNCCN(C)C(=O)C(F)(F)c1ccc(F)cc1. The van der Waals surface area contributed by atoms with Gasteiger partial charge in [0.05, 0.1) is 0 Å². The molecule has 0 spiro atoms. The van der Waals surface area contributed by atoms with Crippen molar-refractivity contribution in [2.75, 3.05) is 27.2 Å². The number of nitrogens with one attached hydrogen (secondary N) is 1. The van der Waals surface area contributed by atoms with Crippen LogP contribution in [0.5, 0.6) is 0 Å². The molecule has 0 radical (unpaired) electrons. The fraction of sp³-hybridized carbons (Fsp3) is 0.417. The van der Waals surface area contributed by atoms with Crippen LogP contribution in [-0.4, -0.2) is 38.0 Å². The van der Waals surface area contributed by atoms with Gasteiger partial charge in [0.25, 0.3) is 5.91 Å². The van der Waals surface area contributed by atoms with Crippen LogP contribution in [0, 0.1) is 5.82 Å². The number of carbonyl (C=O) groups is 1. The molecule has 0 fully saturated rings. The summed E-state index contributed by atoms with van der Waals surface area (Å²) in [4.78, 5) is 12.6. The van der Waals surface area contributed by atoms with E-state index in [-0.39, 0.29) is 6.54 Å². The Kier molecular flexibility index (Phi) is 4.72. The Hall–Kier alpha value is -1.56. The van der Waals surface area contributed by atoms with Gasteiger partial charge in [0.1, 0.15) is 5.82 Å². The van der Waals surface area contributed by atoms with Gasteiger partial charge in [-0.15, -0.1) is 0 Å². The number of alkyl halides is 2. The summed E-state index contributed by atoms with van der Waals surface area (Å²) in [7, 11) is 2.97. The van der Waals surface area contributed by atoms with Crippen molar-refractivity contribution in [1.29, 1.82) is 0 Å². The van der Waals surface area contributed by atoms with Gasteiger partial charge in [-0.25, -0.2) is 4.39 Å². The smallest absolute Gasteiger partial charge is 0.339 e. The van der Waals surface area contributed by atoms with Crippen LogP contribution in [0.4, 0.5) is 13.2 Å². The summed E-state index contributed by atoms with van der Waals surface area (Å²) in [6.07, 6.45) is 0. The maximum Gasteiger partial charge on any atom is 0.349 e. The molecule has 1 amide bonds. The number of likely N-dealkylation sites (N-methyl/N-ethyl adjacent to an activating group) is 2. The third kappa shape index (κ3) is 3.22. The van der Waals surface area contributed by atoms with Gasteiger partial charge < -0.3 is 10.2 Å². The second kappa shape index (κ2) is 5.86. The number of halogens is 3. The molecule has 0 heterocycles. The van der Waals surface area contributed by atoms with Crippen LogP contribution < -0.4 is 5.32 Å². The van der Waals surface area contributed by atoms with Crippen LogP contribution in [0.25, 0.3) is 0 Å². The van der Waals surface area contributed by atoms with Crippen LogP contribution in [-0.2, 0) is 10.7 Å². The van der Waals surface area contributed by atoms with E-state index >= 15 is 0 Å². The fourth-order valence-corrected chi connectivity index (χ4v) is 1.40. The van der Waals surface area contributed by atoms with E-state index in [9.17, 15) is 18.0 Å². The minimum Gasteiger partial charge on any atom is -0.339 e. The summed E-state index contributed by atoms with van der Waals surface area (Å²) >= 11 is 0. The first-order chi connectivity index (χ1) is 8.39. The summed E-state index contributed by atoms with van der Waals surface area (Å²) in [5.41, 5.74) is -0.509. The van der Waals surface area contributed by atoms with Crippen molar-refractivity contribution in [3.63, 3.8) is 0 Å². The molecule has 1 rings (SSSR count). The normalized spacial score (nSPS) is 11.4. The van der Waals surface area contributed by atoms with Gasteiger partial charge in [-0.3, -0.25) is 4.79 Å². The van der Waals surface area contributed by atoms with Gasteiger partial charge >= 0.3 is 5.92 Å². The van der Waals surface area contributed by atoms with E-state index < -0.39 is 23.2 Å². The van der Waals surface area contributed by atoms with Crippen molar-refractivity contribution >= 4 is 5.91 Å². The lowest BCUT2D eigenvalue weighted by atomic mass is 10.1. The summed E-state index contributed by atoms with van der Waals surface area (Å²) in [6.45, 7) is 0.591. The predicted molar refractivity (Wildman–Crippen MR) is 61.9 cm³/mol. The average molecular weight is 260 g/mol. The highest BCUT2D eigenvalue weighted by Crippen LogP contribution is 2.29. The average Bonchev–Trinajstić information content (AvgIpc) is 2.35. The molecule has 0 aliphatic rings. The summed E-state index contributed by atoms with van der Waals surface area (Å²) in [5.74, 6) is -5.56. The van der Waals surface area contributed by atoms with E-state index in [2.05, 4.69) is 5.32 Å². The van der Waals surface area contributed by atoms with E-state index in [0.29, 0.717) is 6.54 Å². The minimum absolute atomic E-state index is 0.173. The number of carbonyl (C=O) groups excluding carboxylic acids is 1. The van der Waals surface area contributed by atoms with Crippen LogP contribution in [0.1, 0.15) is 5.56 Å². The molecule has 1 aromatic carbocycles. The van der Waals surface area contributed by atoms with Gasteiger partial charge in [0, 0.05) is 25.7 Å². The van der Waals surface area contributed by atoms with Crippen molar-refractivity contribution in [1.82, 2.24) is 10.2 Å². The molecule has 1 N–H and O–H groups in total. The van der Waals surface area contributed by atoms with Crippen LogP contribution >= 0.6 is 0 Å². The molecular formula is C12H15F3N2O. The maximum atomic E-state index is 13.8. The van der Waals surface area contributed by atoms with Gasteiger partial charge in [-0.2, -0.15) is 8.78 Å². The number of benzene rings is 1. The predicted octanol–water partition coefficient (Wildman–Crippen LogP) is 1.60. The highest BCUT2D eigenvalue weighted by molar-refractivity contribution is 5.84. The third-order valence-corrected chi connectivity index (χ3v) is 2.52. The topological polar surface area (TPSA) is 32.3 Å². The Bertz CT molecular complexity index is 406. The fourth-order valence-electron chi connectivity index (χ4n) is 1.40. The number of amides is 1. The van der Waals surface area contributed by atoms with Crippen molar-refractivity contribution in [3.8, 4) is 0 Å². The summed E-state index contributed by atoms with van der Waals surface area (Å²) in [5, 5.41) is 2.76. The third-order valence-electron chi connectivity index (χ3n) is 2.52. The molecule has 100 valence electrons. The molecule has 0 aliphatic heterocycles. The van der Waals surface area contributed by atoms with E-state index in [4.69, 9.17) is 0 Å². The molecule has 3 nitrogen and oxygen atoms in total. The summed E-state index contributed by atoms with van der Waals surface area (Å²) in [6, 6.07) is 3.65. The Morgan fingerprint density at radius 2 is 1.89 bits per heavy atom. The lowest BCUT2D eigenvalue weighted by Crippen LogP contribution is -2.42. The second-order valence-corrected chi connectivity index (χ2v) is 3.91. The largest absolute Gasteiger partial charge is 0.349 e. The Balaban J connectivity index is 2.84. The Morgan fingerprint density at radius 3 is 2.39 bits per heavy atom. The molecular weight excluding hydrogens is 245 g/mol. The lowest BCUT2D eigenvalue weighted by Gasteiger charge is -2.23. The molecule has 1 aromatic rings. The van der Waals surface area contributed by atoms with Crippen LogP contribution in [0.3, 0.4) is 0 Å².